The zero-order valence-corrected chi connectivity index (χ0v) is 12.6. The first-order valence-electron chi connectivity index (χ1n) is 6.64. The first-order chi connectivity index (χ1) is 10.5. The normalized spacial score (nSPS) is 11.9. The maximum atomic E-state index is 12.9. The lowest BCUT2D eigenvalue weighted by molar-refractivity contribution is 0.579. The lowest BCUT2D eigenvalue weighted by Crippen LogP contribution is -2.23. The summed E-state index contributed by atoms with van der Waals surface area (Å²) in [5, 5.41) is 0. The van der Waals surface area contributed by atoms with Gasteiger partial charge in [0.05, 0.1) is 17.1 Å². The molecule has 7 heteroatoms. The molecule has 0 atom stereocenters. The Morgan fingerprint density at radius 3 is 2.59 bits per heavy atom. The highest BCUT2D eigenvalue weighted by molar-refractivity contribution is 7.89. The highest BCUT2D eigenvalue weighted by Gasteiger charge is 2.14. The van der Waals surface area contributed by atoms with Crippen molar-refractivity contribution in [2.24, 2.45) is 0 Å². The molecule has 0 aliphatic heterocycles. The van der Waals surface area contributed by atoms with Crippen LogP contribution in [-0.4, -0.2) is 17.8 Å². The fraction of sp³-hybridized carbons (Fsp3) is 0.133. The number of aryl methyl sites for hydroxylation is 1. The minimum atomic E-state index is -3.69. The summed E-state index contributed by atoms with van der Waals surface area (Å²) in [6.07, 6.45) is 1.79. The zero-order valence-electron chi connectivity index (χ0n) is 11.8. The molecule has 0 saturated carbocycles. The highest BCUT2D eigenvalue weighted by Crippen LogP contribution is 2.12. The van der Waals surface area contributed by atoms with Gasteiger partial charge in [-0.2, -0.15) is 0 Å². The molecule has 0 unspecified atom stereocenters. The van der Waals surface area contributed by atoms with E-state index in [-0.39, 0.29) is 11.4 Å². The van der Waals surface area contributed by atoms with E-state index in [9.17, 15) is 12.8 Å². The van der Waals surface area contributed by atoms with Gasteiger partial charge in [0.1, 0.15) is 11.5 Å². The van der Waals surface area contributed by atoms with E-state index < -0.39 is 15.8 Å². The van der Waals surface area contributed by atoms with Crippen LogP contribution in [0, 0.1) is 12.7 Å². The van der Waals surface area contributed by atoms with Crippen molar-refractivity contribution in [1.29, 1.82) is 0 Å². The second-order valence-electron chi connectivity index (χ2n) is 4.91. The number of fused-ring (bicyclic) bond motifs is 1. The van der Waals surface area contributed by atoms with Crippen LogP contribution in [0.25, 0.3) is 5.65 Å². The third-order valence-corrected chi connectivity index (χ3v) is 4.73. The van der Waals surface area contributed by atoms with Crippen LogP contribution in [0.15, 0.2) is 53.6 Å². The number of sulfonamides is 1. The largest absolute Gasteiger partial charge is 0.304 e. The first-order valence-corrected chi connectivity index (χ1v) is 8.13. The van der Waals surface area contributed by atoms with Crippen molar-refractivity contribution in [3.8, 4) is 0 Å². The molecule has 0 saturated heterocycles. The van der Waals surface area contributed by atoms with Crippen molar-refractivity contribution in [2.75, 3.05) is 0 Å². The minimum absolute atomic E-state index is 0.0221. The minimum Gasteiger partial charge on any atom is -0.304 e. The molecule has 2 heterocycles. The number of imidazole rings is 1. The highest BCUT2D eigenvalue weighted by atomic mass is 32.2. The van der Waals surface area contributed by atoms with Gasteiger partial charge in [0.2, 0.25) is 10.0 Å². The van der Waals surface area contributed by atoms with Gasteiger partial charge in [0.15, 0.2) is 0 Å². The number of hydrogen-bond acceptors (Lipinski definition) is 3. The average molecular weight is 319 g/mol. The van der Waals surface area contributed by atoms with Crippen molar-refractivity contribution < 1.29 is 12.8 Å². The molecule has 0 fully saturated rings. The molecule has 22 heavy (non-hydrogen) atoms. The summed E-state index contributed by atoms with van der Waals surface area (Å²) in [5.74, 6) is -0.477. The van der Waals surface area contributed by atoms with Gasteiger partial charge in [-0.05, 0) is 43.3 Å². The molecule has 0 amide bonds. The third-order valence-electron chi connectivity index (χ3n) is 3.31. The van der Waals surface area contributed by atoms with Gasteiger partial charge >= 0.3 is 0 Å². The van der Waals surface area contributed by atoms with Gasteiger partial charge in [-0.3, -0.25) is 0 Å². The van der Waals surface area contributed by atoms with E-state index in [1.54, 1.807) is 6.20 Å². The summed E-state index contributed by atoms with van der Waals surface area (Å²) in [6, 6.07) is 10.4. The lowest BCUT2D eigenvalue weighted by atomic mass is 10.4. The molecule has 5 nitrogen and oxygen atoms in total. The predicted molar refractivity (Wildman–Crippen MR) is 80.4 cm³/mol. The number of nitrogens with one attached hydrogen (secondary N) is 1. The van der Waals surface area contributed by atoms with Crippen LogP contribution >= 0.6 is 0 Å². The molecule has 3 rings (SSSR count). The van der Waals surface area contributed by atoms with E-state index in [4.69, 9.17) is 0 Å². The molecule has 114 valence electrons. The van der Waals surface area contributed by atoms with E-state index in [0.29, 0.717) is 5.69 Å². The van der Waals surface area contributed by atoms with Crippen LogP contribution in [0.5, 0.6) is 0 Å². The standard InChI is InChI=1S/C15H14FN3O2S/c1-11-3-2-4-15-18-13(10-19(11)15)9-17-22(20,21)14-7-5-12(16)6-8-14/h2-8,10,17H,9H2,1H3. The lowest BCUT2D eigenvalue weighted by Gasteiger charge is -2.04. The van der Waals surface area contributed by atoms with Crippen molar-refractivity contribution in [2.45, 2.75) is 18.4 Å². The molecule has 0 spiro atoms. The second-order valence-corrected chi connectivity index (χ2v) is 6.67. The summed E-state index contributed by atoms with van der Waals surface area (Å²) >= 11 is 0. The quantitative estimate of drug-likeness (QED) is 0.802. The summed E-state index contributed by atoms with van der Waals surface area (Å²) in [7, 11) is -3.69. The number of benzene rings is 1. The van der Waals surface area contributed by atoms with Crippen molar-refractivity contribution in [3.63, 3.8) is 0 Å². The third kappa shape index (κ3) is 2.86. The molecule has 0 radical (unpaired) electrons. The van der Waals surface area contributed by atoms with Crippen molar-refractivity contribution >= 4 is 15.7 Å². The molecule has 0 aliphatic carbocycles. The van der Waals surface area contributed by atoms with Gasteiger partial charge in [-0.15, -0.1) is 0 Å². The van der Waals surface area contributed by atoms with Crippen LogP contribution in [0.1, 0.15) is 11.4 Å². The summed E-state index contributed by atoms with van der Waals surface area (Å²) < 4.78 is 41.5. The Bertz CT molecular complexity index is 918. The fourth-order valence-corrected chi connectivity index (χ4v) is 3.15. The molecule has 0 bridgehead atoms. The Hall–Kier alpha value is -2.25. The Kier molecular flexibility index (Phi) is 3.67. The Morgan fingerprint density at radius 2 is 1.91 bits per heavy atom. The molecule has 2 aromatic heterocycles. The Balaban J connectivity index is 1.81. The van der Waals surface area contributed by atoms with Crippen LogP contribution in [0.4, 0.5) is 4.39 Å². The number of rotatable bonds is 4. The topological polar surface area (TPSA) is 63.5 Å². The second kappa shape index (κ2) is 5.51. The van der Waals surface area contributed by atoms with Crippen molar-refractivity contribution in [3.05, 3.63) is 65.9 Å². The van der Waals surface area contributed by atoms with E-state index in [2.05, 4.69) is 9.71 Å². The smallest absolute Gasteiger partial charge is 0.240 e. The SMILES string of the molecule is Cc1cccc2nc(CNS(=O)(=O)c3ccc(F)cc3)cn12. The van der Waals surface area contributed by atoms with Crippen molar-refractivity contribution in [1.82, 2.24) is 14.1 Å². The average Bonchev–Trinajstić information content (AvgIpc) is 2.90. The first kappa shape index (κ1) is 14.7. The number of nitrogens with zero attached hydrogens (tertiary/aromatic N) is 2. The van der Waals surface area contributed by atoms with Crippen LogP contribution in [-0.2, 0) is 16.6 Å². The predicted octanol–water partition coefficient (Wildman–Crippen LogP) is 2.26. The maximum absolute atomic E-state index is 12.9. The van der Waals surface area contributed by atoms with Crippen LogP contribution in [0.3, 0.4) is 0 Å². The number of hydrogen-bond donors (Lipinski definition) is 1. The summed E-state index contributed by atoms with van der Waals surface area (Å²) in [4.78, 5) is 4.38. The zero-order chi connectivity index (χ0) is 15.7. The number of pyridine rings is 1. The molecular weight excluding hydrogens is 305 g/mol. The number of aromatic nitrogens is 2. The molecule has 0 aliphatic rings. The monoisotopic (exact) mass is 319 g/mol. The van der Waals surface area contributed by atoms with Gasteiger partial charge in [0.25, 0.3) is 0 Å². The van der Waals surface area contributed by atoms with E-state index in [1.165, 1.54) is 12.1 Å². The molecule has 1 N–H and O–H groups in total. The Morgan fingerprint density at radius 1 is 1.18 bits per heavy atom. The molecule has 1 aromatic carbocycles. The van der Waals surface area contributed by atoms with Crippen LogP contribution < -0.4 is 4.72 Å². The molecular formula is C15H14FN3O2S. The van der Waals surface area contributed by atoms with Gasteiger partial charge in [0, 0.05) is 11.9 Å². The maximum Gasteiger partial charge on any atom is 0.240 e. The van der Waals surface area contributed by atoms with E-state index >= 15 is 0 Å². The van der Waals surface area contributed by atoms with Gasteiger partial charge < -0.3 is 4.40 Å². The Labute approximate surface area is 127 Å². The van der Waals surface area contributed by atoms with Crippen LogP contribution in [0.2, 0.25) is 0 Å². The van der Waals surface area contributed by atoms with Gasteiger partial charge in [-0.25, -0.2) is 22.5 Å². The fourth-order valence-electron chi connectivity index (χ4n) is 2.15. The summed E-state index contributed by atoms with van der Waals surface area (Å²) in [6.45, 7) is 2.02. The van der Waals surface area contributed by atoms with Gasteiger partial charge in [-0.1, -0.05) is 6.07 Å². The van der Waals surface area contributed by atoms with E-state index in [1.807, 2.05) is 29.5 Å². The molecule has 3 aromatic rings. The number of halogens is 1. The van der Waals surface area contributed by atoms with E-state index in [0.717, 1.165) is 23.5 Å². The summed E-state index contributed by atoms with van der Waals surface area (Å²) in [5.41, 5.74) is 2.38.